The summed E-state index contributed by atoms with van der Waals surface area (Å²) >= 11 is 14.3. The summed E-state index contributed by atoms with van der Waals surface area (Å²) in [7, 11) is 0. The highest BCUT2D eigenvalue weighted by Crippen LogP contribution is 2.43. The van der Waals surface area contributed by atoms with Crippen molar-refractivity contribution < 1.29 is 123 Å². The topological polar surface area (TPSA) is 746 Å². The van der Waals surface area contributed by atoms with E-state index in [1.165, 1.54) is 62.1 Å². The van der Waals surface area contributed by atoms with Gasteiger partial charge in [0.25, 0.3) is 0 Å². The molecule has 4 aliphatic carbocycles. The van der Waals surface area contributed by atoms with Gasteiger partial charge in [-0.25, -0.2) is 0 Å². The normalized spacial score (nSPS) is 39.6. The number of ether oxygens (including phenoxy) is 12. The van der Waals surface area contributed by atoms with Crippen LogP contribution < -0.4 is 95.4 Å². The Balaban J connectivity index is 0.610. The summed E-state index contributed by atoms with van der Waals surface area (Å²) in [6, 6.07) is -0.0604. The highest BCUT2D eigenvalue weighted by molar-refractivity contribution is 7.99. The number of aryl methyl sites for hydroxylation is 1. The van der Waals surface area contributed by atoms with E-state index in [9.17, 15) is 66.1 Å². The molecule has 0 aromatic heterocycles. The minimum atomic E-state index is -1.61. The van der Waals surface area contributed by atoms with Crippen molar-refractivity contribution in [3.8, 4) is 0 Å². The number of thiocarbonyl (C=S) groups is 2. The second kappa shape index (κ2) is 49.7. The van der Waals surface area contributed by atoms with E-state index in [-0.39, 0.29) is 56.4 Å². The number of carbonyl (C=O) groups is 1. The lowest BCUT2D eigenvalue weighted by atomic mass is 9.79. The number of aliphatic hydroxyl groups is 12. The Morgan fingerprint density at radius 2 is 0.823 bits per heavy atom. The van der Waals surface area contributed by atoms with Gasteiger partial charge in [-0.2, -0.15) is 23.5 Å². The number of nitrogens with zero attached hydrogens (tertiary/aromatic N) is 1. The summed E-state index contributed by atoms with van der Waals surface area (Å²) in [5, 5.41) is 153. The number of aliphatic hydroxyl groups excluding tert-OH is 12. The average Bonchev–Trinajstić information content (AvgIpc) is 1.35. The van der Waals surface area contributed by atoms with Crippen molar-refractivity contribution >= 4 is 80.4 Å². The number of rotatable bonds is 44. The lowest BCUT2D eigenvalue weighted by Crippen LogP contribution is -2.68. The Bertz CT molecular complexity index is 3960. The number of carbonyl (C=O) groups excluding carboxylic acids is 1. The van der Waals surface area contributed by atoms with Crippen molar-refractivity contribution in [2.45, 2.75) is 310 Å². The first-order valence-electron chi connectivity index (χ1n) is 45.3. The van der Waals surface area contributed by atoms with E-state index in [4.69, 9.17) is 150 Å². The van der Waals surface area contributed by atoms with Crippen molar-refractivity contribution in [1.82, 2.24) is 31.5 Å². The van der Waals surface area contributed by atoms with Gasteiger partial charge in [-0.3, -0.25) is 4.79 Å². The zero-order valence-corrected chi connectivity index (χ0v) is 76.2. The van der Waals surface area contributed by atoms with Gasteiger partial charge in [0.15, 0.2) is 48.0 Å². The quantitative estimate of drug-likeness (QED) is 0.0216. The molecule has 0 spiro atoms. The highest BCUT2D eigenvalue weighted by Gasteiger charge is 2.58. The first-order chi connectivity index (χ1) is 62.3. The molecule has 43 nitrogen and oxygen atoms in total. The molecule has 1 amide bonds. The van der Waals surface area contributed by atoms with Crippen LogP contribution in [0.25, 0.3) is 16.3 Å². The lowest BCUT2D eigenvalue weighted by Gasteiger charge is -2.47. The number of hydrogen-bond acceptors (Lipinski definition) is 42. The molecule has 2 saturated carbocycles. The smallest absolute Gasteiger partial charge is 0.220 e. The van der Waals surface area contributed by atoms with Gasteiger partial charge >= 0.3 is 0 Å². The number of thioether (sulfide) groups is 2. The van der Waals surface area contributed by atoms with Crippen LogP contribution in [0.4, 0.5) is 0 Å². The maximum absolute atomic E-state index is 13.4. The molecule has 0 radical (unpaired) electrons. The van der Waals surface area contributed by atoms with Crippen LogP contribution in [-0.2, 0) is 80.9 Å². The SMILES string of the molecule is NCC1OC(O[C@@H]2C(N)C[C@@H](N)C(O)[C@H]2OC2O[C@H](CSCCNC(=S)NCCCCN(CCCCCNC(=O)CCc3cc4cccc5c4c4c3CC=CC4=CC5)CCCNC(=S)NCCSC[C@H]3OC(O[C@@H]4C(O)[C@H](N)CC(N)[C@H]4O[C@@H]4OC(CN)[C@@H](O)[C@H](O)C4N)[C@@H](O)[C@H]3O[C@H]3O[C@@H](CN)[C@@H](O)C(O)C3N)[C@H](O[C@H]3O[C@@H](CN)[C@@H](O)C(O)C3N)[C@@H]2O)C(N)[C@@H](O)[C@@H]1O. The summed E-state index contributed by atoms with van der Waals surface area (Å²) in [4.78, 5) is 15.8. The molecule has 2 aromatic carbocycles. The van der Waals surface area contributed by atoms with Crippen LogP contribution in [0.3, 0.4) is 0 Å². The van der Waals surface area contributed by atoms with E-state index in [0.717, 1.165) is 71.0 Å². The fraction of sp³-hybridized carbons (Fsp3) is 0.795. The van der Waals surface area contributed by atoms with Gasteiger partial charge in [0.2, 0.25) is 5.91 Å². The molecule has 12 rings (SSSR count). The molecule has 130 heavy (non-hydrogen) atoms. The predicted octanol–water partition coefficient (Wildman–Crippen LogP) is -10.8. The minimum absolute atomic E-state index is 0.0278. The second-order valence-electron chi connectivity index (χ2n) is 35.3. The first kappa shape index (κ1) is 105. The molecule has 10 aliphatic rings. The zero-order chi connectivity index (χ0) is 93.5. The van der Waals surface area contributed by atoms with Gasteiger partial charge in [-0.15, -0.1) is 0 Å². The van der Waals surface area contributed by atoms with Crippen LogP contribution in [0.1, 0.15) is 80.0 Å². The first-order valence-corrected chi connectivity index (χ1v) is 48.5. The van der Waals surface area contributed by atoms with Crippen molar-refractivity contribution in [1.29, 1.82) is 0 Å². The van der Waals surface area contributed by atoms with E-state index in [0.29, 0.717) is 67.3 Å². The Hall–Kier alpha value is -3.75. The maximum Gasteiger partial charge on any atom is 0.220 e. The third-order valence-corrected chi connectivity index (χ3v) is 28.8. The van der Waals surface area contributed by atoms with Crippen LogP contribution in [0.15, 0.2) is 42.5 Å². The fourth-order valence-electron chi connectivity index (χ4n) is 18.5. The maximum atomic E-state index is 13.4. The molecular formula is C83H142N18O25S4. The van der Waals surface area contributed by atoms with Gasteiger partial charge in [0, 0.05) is 113 Å². The second-order valence-corrected chi connectivity index (χ2v) is 38.4. The molecular weight excluding hydrogens is 1780 g/mol. The van der Waals surface area contributed by atoms with E-state index in [1.54, 1.807) is 0 Å². The van der Waals surface area contributed by atoms with E-state index >= 15 is 0 Å². The minimum Gasteiger partial charge on any atom is -0.389 e. The largest absolute Gasteiger partial charge is 0.389 e. The van der Waals surface area contributed by atoms with Crippen molar-refractivity contribution in [2.75, 3.05) is 102 Å². The molecule has 6 heterocycles. The van der Waals surface area contributed by atoms with E-state index in [1.807, 2.05) is 0 Å². The molecule has 0 bridgehead atoms. The van der Waals surface area contributed by atoms with Crippen LogP contribution in [0.5, 0.6) is 0 Å². The Morgan fingerprint density at radius 1 is 0.431 bits per heavy atom. The van der Waals surface area contributed by atoms with Crippen molar-refractivity contribution in [2.24, 2.45) is 68.8 Å². The summed E-state index contributed by atoms with van der Waals surface area (Å²) in [6.07, 6.45) is -25.7. The standard InChI is InChI=1S/C83H142N18O25S4/c84-30-45-60(105)64(109)54(92)76(115-45)121-70-43(90)28-41(88)58(103)74(70)125-80-68(113)72(123-78-56(94)66(111)62(107)47(32-86)117-78)49(119-80)34-129-25-20-99-82(127)97-18-3-5-23-101(22-4-1-2-17-96-51(102)16-15-38-27-39-11-6-9-36-13-14-37-10-7-12-40(38)53(37)52(36)39)24-8-19-98-83(128)100-21-26-130-35-50-73(124-79-57(95)67(112)63(108)48(33-87)118-79)69(114)81(120-50)126-75-59(104)42(89)29-44(91)71(75)122-77-55(93)65(110)61(106)46(31-85)116-77/h6-7,9-11,14,27,41-50,54-81,103-114H,1-5,8,12-13,15-26,28-35,84-95H2,(H,96,102)(H2,97,99,127)(H2,98,100,128)/t41-,42-,43?,44?,45?,46?,47+,48+,49-,50-,54?,55?,56?,57?,58?,59?,60-,61-,62-,63-,64-,65-,66?,67?,68+,69+,70-,71-,72+,73+,74-,75-,76?,77+,78-,79-,80?,81?/m1/s1. The fourth-order valence-corrected chi connectivity index (χ4v) is 20.8. The third-order valence-electron chi connectivity index (χ3n) is 26.1. The number of benzene rings is 2. The predicted molar refractivity (Wildman–Crippen MR) is 488 cm³/mol. The van der Waals surface area contributed by atoms with Crippen LogP contribution in [-0.4, -0.2) is 416 Å². The van der Waals surface area contributed by atoms with Crippen LogP contribution >= 0.6 is 48.0 Å². The highest BCUT2D eigenvalue weighted by atomic mass is 32.2. The van der Waals surface area contributed by atoms with Gasteiger partial charge < -0.3 is 218 Å². The molecule has 6 saturated heterocycles. The summed E-state index contributed by atoms with van der Waals surface area (Å²) in [5.41, 5.74) is 81.1. The molecule has 8 fully saturated rings. The van der Waals surface area contributed by atoms with Gasteiger partial charge in [0.05, 0.1) is 48.6 Å². The van der Waals surface area contributed by atoms with Crippen LogP contribution in [0.2, 0.25) is 0 Å². The Kier molecular flexibility index (Phi) is 40.2. The van der Waals surface area contributed by atoms with Crippen molar-refractivity contribution in [3.63, 3.8) is 0 Å². The monoisotopic (exact) mass is 1920 g/mol. The van der Waals surface area contributed by atoms with Gasteiger partial charge in [0.1, 0.15) is 122 Å². The molecule has 15 unspecified atom stereocenters. The number of nitrogens with two attached hydrogens (primary N) is 12. The number of nitrogens with one attached hydrogen (secondary N) is 5. The summed E-state index contributed by atoms with van der Waals surface area (Å²) in [5.74, 6) is 1.34. The molecule has 47 heteroatoms. The molecule has 2 aromatic rings. The van der Waals surface area contributed by atoms with E-state index in [2.05, 4.69) is 74.0 Å². The Labute approximate surface area is 775 Å². The summed E-state index contributed by atoms with van der Waals surface area (Å²) < 4.78 is 74.2. The number of unbranched alkanes of at least 4 members (excludes halogenated alkanes) is 3. The van der Waals surface area contributed by atoms with Crippen LogP contribution in [0, 0.1) is 0 Å². The molecule has 6 aliphatic heterocycles. The number of amides is 1. The number of allylic oxidation sites excluding steroid dienone is 4. The number of hydrogen-bond donors (Lipinski definition) is 29. The lowest BCUT2D eigenvalue weighted by molar-refractivity contribution is -0.306. The van der Waals surface area contributed by atoms with E-state index < -0.39 is 233 Å². The van der Waals surface area contributed by atoms with Gasteiger partial charge in [-0.1, -0.05) is 48.9 Å². The molecule has 38 atom stereocenters. The zero-order valence-electron chi connectivity index (χ0n) is 73.0. The third kappa shape index (κ3) is 25.8. The van der Waals surface area contributed by atoms with Crippen molar-refractivity contribution in [3.05, 3.63) is 64.7 Å². The molecule has 738 valence electrons. The average molecular weight is 1920 g/mol. The van der Waals surface area contributed by atoms with Gasteiger partial charge in [-0.05, 0) is 147 Å². The Morgan fingerprint density at radius 3 is 1.28 bits per heavy atom. The summed E-state index contributed by atoms with van der Waals surface area (Å²) in [6.45, 7) is 4.08. The molecule has 41 N–H and O–H groups in total.